The summed E-state index contributed by atoms with van der Waals surface area (Å²) < 4.78 is 2.32. The van der Waals surface area contributed by atoms with Gasteiger partial charge in [0.15, 0.2) is 0 Å². The van der Waals surface area contributed by atoms with Crippen molar-refractivity contribution in [2.45, 2.75) is 75.6 Å². The quantitative estimate of drug-likeness (QED) is 0.520. The van der Waals surface area contributed by atoms with Crippen molar-refractivity contribution in [2.75, 3.05) is 5.32 Å². The number of hydrogen-bond acceptors (Lipinski definition) is 6. The van der Waals surface area contributed by atoms with E-state index in [1.165, 1.54) is 32.1 Å². The molecule has 2 atom stereocenters. The van der Waals surface area contributed by atoms with Crippen molar-refractivity contribution in [1.82, 2.24) is 19.6 Å². The van der Waals surface area contributed by atoms with Crippen LogP contribution in [0, 0.1) is 11.3 Å². The van der Waals surface area contributed by atoms with Gasteiger partial charge < -0.3 is 9.88 Å². The number of nitriles is 1. The highest BCUT2D eigenvalue weighted by Crippen LogP contribution is 2.46. The summed E-state index contributed by atoms with van der Waals surface area (Å²) in [7, 11) is 0. The highest BCUT2D eigenvalue weighted by molar-refractivity contribution is 6.33. The molecule has 3 aliphatic rings. The minimum absolute atomic E-state index is 0.0499. The molecule has 2 saturated heterocycles. The smallest absolute Gasteiger partial charge is 0.145 e. The average molecular weight is 463 g/mol. The molecule has 7 nitrogen and oxygen atoms in total. The molecule has 1 N–H and O–H groups in total. The van der Waals surface area contributed by atoms with Gasteiger partial charge in [-0.05, 0) is 76.1 Å². The fraction of sp³-hybridized carbons (Fsp3) is 0.480. The van der Waals surface area contributed by atoms with E-state index in [0.717, 1.165) is 29.6 Å². The van der Waals surface area contributed by atoms with Crippen LogP contribution in [0.5, 0.6) is 0 Å². The van der Waals surface area contributed by atoms with Gasteiger partial charge in [0.25, 0.3) is 0 Å². The van der Waals surface area contributed by atoms with Gasteiger partial charge in [0.1, 0.15) is 17.8 Å². The first-order chi connectivity index (χ1) is 16.0. The molecule has 8 heteroatoms. The second-order valence-electron chi connectivity index (χ2n) is 9.88. The summed E-state index contributed by atoms with van der Waals surface area (Å²) in [5.74, 6) is 0.715. The molecule has 1 saturated carbocycles. The lowest BCUT2D eigenvalue weighted by molar-refractivity contribution is -0.297. The van der Waals surface area contributed by atoms with Crippen LogP contribution in [0.2, 0.25) is 5.02 Å². The Hall–Kier alpha value is -2.66. The Kier molecular flexibility index (Phi) is 5.06. The number of rotatable bonds is 5. The predicted octanol–water partition coefficient (Wildman–Crippen LogP) is 5.74. The summed E-state index contributed by atoms with van der Waals surface area (Å²) in [6.07, 6.45) is 11.9. The zero-order chi connectivity index (χ0) is 22.6. The minimum Gasteiger partial charge on any atom is -0.338 e. The number of anilines is 2. The van der Waals surface area contributed by atoms with E-state index in [9.17, 15) is 0 Å². The Bertz CT molecular complexity index is 1230. The van der Waals surface area contributed by atoms with Gasteiger partial charge >= 0.3 is 0 Å². The number of nitrogens with zero attached hydrogens (tertiary/aromatic N) is 5. The van der Waals surface area contributed by atoms with Crippen LogP contribution >= 0.6 is 11.6 Å². The van der Waals surface area contributed by atoms with E-state index in [1.54, 1.807) is 18.5 Å². The highest BCUT2D eigenvalue weighted by atomic mass is 35.5. The van der Waals surface area contributed by atoms with Crippen LogP contribution in [0.3, 0.4) is 0 Å². The van der Waals surface area contributed by atoms with Gasteiger partial charge in [-0.3, -0.25) is 4.84 Å². The molecule has 4 heterocycles. The molecule has 1 aliphatic carbocycles. The molecule has 0 amide bonds. The molecule has 170 valence electrons. The first kappa shape index (κ1) is 20.9. The highest BCUT2D eigenvalue weighted by Gasteiger charge is 2.46. The SMILES string of the molecule is CC1(ON2[C@H]3CC[C@H]2CC(n2ccc4c(Nc5ccc(C#N)cc5Cl)ncnc42)C3)CCC1. The number of nitrogens with one attached hydrogen (secondary N) is 1. The Morgan fingerprint density at radius 2 is 1.94 bits per heavy atom. The van der Waals surface area contributed by atoms with Crippen molar-refractivity contribution in [3.8, 4) is 6.07 Å². The van der Waals surface area contributed by atoms with Crippen molar-refractivity contribution in [1.29, 1.82) is 5.26 Å². The third-order valence-electron chi connectivity index (χ3n) is 7.63. The summed E-state index contributed by atoms with van der Waals surface area (Å²) in [6, 6.07) is 10.7. The number of hydroxylamine groups is 2. The molecule has 3 fully saturated rings. The number of aromatic nitrogens is 3. The summed E-state index contributed by atoms with van der Waals surface area (Å²) in [6.45, 7) is 2.26. The predicted molar refractivity (Wildman–Crippen MR) is 127 cm³/mol. The van der Waals surface area contributed by atoms with Crippen molar-refractivity contribution in [3.63, 3.8) is 0 Å². The maximum Gasteiger partial charge on any atom is 0.145 e. The molecule has 6 rings (SSSR count). The van der Waals surface area contributed by atoms with Crippen LogP contribution in [-0.4, -0.2) is 37.3 Å². The minimum atomic E-state index is 0.0499. The van der Waals surface area contributed by atoms with E-state index in [2.05, 4.69) is 50.2 Å². The van der Waals surface area contributed by atoms with Crippen LogP contribution in [-0.2, 0) is 4.84 Å². The van der Waals surface area contributed by atoms with Gasteiger partial charge in [0.05, 0.1) is 33.3 Å². The molecule has 2 aliphatic heterocycles. The second-order valence-corrected chi connectivity index (χ2v) is 10.3. The van der Waals surface area contributed by atoms with E-state index in [-0.39, 0.29) is 5.60 Å². The van der Waals surface area contributed by atoms with Crippen LogP contribution in [0.15, 0.2) is 36.8 Å². The third kappa shape index (κ3) is 3.67. The van der Waals surface area contributed by atoms with Crippen molar-refractivity contribution in [3.05, 3.63) is 47.4 Å². The Morgan fingerprint density at radius 1 is 1.15 bits per heavy atom. The van der Waals surface area contributed by atoms with Crippen molar-refractivity contribution < 1.29 is 4.84 Å². The number of fused-ring (bicyclic) bond motifs is 3. The summed E-state index contributed by atoms with van der Waals surface area (Å²) >= 11 is 6.37. The first-order valence-corrected chi connectivity index (χ1v) is 12.2. The fourth-order valence-corrected chi connectivity index (χ4v) is 5.91. The van der Waals surface area contributed by atoms with Crippen molar-refractivity contribution in [2.24, 2.45) is 0 Å². The van der Waals surface area contributed by atoms with Crippen LogP contribution < -0.4 is 5.32 Å². The fourth-order valence-electron chi connectivity index (χ4n) is 5.68. The van der Waals surface area contributed by atoms with Gasteiger partial charge in [0.2, 0.25) is 0 Å². The molecular formula is C25H27ClN6O. The number of benzene rings is 1. The van der Waals surface area contributed by atoms with Crippen LogP contribution in [0.25, 0.3) is 11.0 Å². The lowest BCUT2D eigenvalue weighted by Gasteiger charge is -2.47. The monoisotopic (exact) mass is 462 g/mol. The lowest BCUT2D eigenvalue weighted by Crippen LogP contribution is -2.50. The number of piperidine rings is 1. The van der Waals surface area contributed by atoms with Crippen LogP contribution in [0.4, 0.5) is 11.5 Å². The molecular weight excluding hydrogens is 436 g/mol. The average Bonchev–Trinajstić information content (AvgIpc) is 3.32. The van der Waals surface area contributed by atoms with E-state index in [0.29, 0.717) is 34.5 Å². The largest absolute Gasteiger partial charge is 0.338 e. The van der Waals surface area contributed by atoms with Gasteiger partial charge in [-0.2, -0.15) is 10.3 Å². The molecule has 2 aromatic heterocycles. The number of hydrogen-bond donors (Lipinski definition) is 1. The standard InChI is InChI=1S/C25H27ClN6O/c1-25(8-2-9-25)33-32-17-4-5-18(32)13-19(12-17)31-10-7-20-23(28-15-29-24(20)31)30-22-6-3-16(14-27)11-21(22)26/h3,6-7,10-11,15,17-19H,2,4-5,8-9,12-13H2,1H3,(H,28,29,30)/t17-,18-/m0/s1. The topological polar surface area (TPSA) is 79.0 Å². The summed E-state index contributed by atoms with van der Waals surface area (Å²) in [5, 5.41) is 16.2. The third-order valence-corrected chi connectivity index (χ3v) is 7.94. The Balaban J connectivity index is 1.24. The molecule has 0 unspecified atom stereocenters. The molecule has 2 bridgehead atoms. The van der Waals surface area contributed by atoms with Crippen LogP contribution in [0.1, 0.15) is 63.5 Å². The summed E-state index contributed by atoms with van der Waals surface area (Å²) in [4.78, 5) is 15.6. The van der Waals surface area contributed by atoms with Crippen molar-refractivity contribution >= 4 is 34.1 Å². The first-order valence-electron chi connectivity index (χ1n) is 11.8. The van der Waals surface area contributed by atoms with E-state index >= 15 is 0 Å². The second kappa shape index (κ2) is 7.98. The molecule has 0 radical (unpaired) electrons. The van der Waals surface area contributed by atoms with Gasteiger partial charge in [0, 0.05) is 24.3 Å². The maximum absolute atomic E-state index is 9.08. The normalized spacial score (nSPS) is 26.2. The van der Waals surface area contributed by atoms with E-state index < -0.39 is 0 Å². The lowest BCUT2D eigenvalue weighted by atomic mass is 9.82. The van der Waals surface area contributed by atoms with E-state index in [1.807, 2.05) is 6.07 Å². The molecule has 0 spiro atoms. The molecule has 1 aromatic carbocycles. The summed E-state index contributed by atoms with van der Waals surface area (Å²) in [5.41, 5.74) is 2.23. The van der Waals surface area contributed by atoms with Gasteiger partial charge in [-0.25, -0.2) is 9.97 Å². The Morgan fingerprint density at radius 3 is 2.61 bits per heavy atom. The zero-order valence-corrected chi connectivity index (χ0v) is 19.4. The molecule has 3 aromatic rings. The van der Waals surface area contributed by atoms with Gasteiger partial charge in [-0.15, -0.1) is 0 Å². The van der Waals surface area contributed by atoms with E-state index in [4.69, 9.17) is 21.7 Å². The maximum atomic E-state index is 9.08. The zero-order valence-electron chi connectivity index (χ0n) is 18.7. The molecule has 33 heavy (non-hydrogen) atoms. The number of halogens is 1. The van der Waals surface area contributed by atoms with Gasteiger partial charge in [-0.1, -0.05) is 11.6 Å². The Labute approximate surface area is 198 Å².